The van der Waals surface area contributed by atoms with Gasteiger partial charge in [0, 0.05) is 39.1 Å². The van der Waals surface area contributed by atoms with Crippen LogP contribution in [0.4, 0.5) is 0 Å². The van der Waals surface area contributed by atoms with Crippen LogP contribution in [-0.2, 0) is 0 Å². The summed E-state index contributed by atoms with van der Waals surface area (Å²) in [5.74, 6) is 0.690. The molecule has 0 amide bonds. The molecule has 0 atom stereocenters. The zero-order valence-corrected chi connectivity index (χ0v) is 33.3. The third-order valence-electron chi connectivity index (χ3n) is 11.1. The fourth-order valence-electron chi connectivity index (χ4n) is 8.12. The van der Waals surface area contributed by atoms with Crippen LogP contribution < -0.4 is 5.32 Å². The molecular formula is C57H40N4. The number of nitrogens with one attached hydrogen (secondary N) is 2. The Morgan fingerprint density at radius 1 is 0.393 bits per heavy atom. The first-order valence-electron chi connectivity index (χ1n) is 20.5. The lowest BCUT2D eigenvalue weighted by molar-refractivity contribution is 1.18. The Morgan fingerprint density at radius 3 is 1.51 bits per heavy atom. The van der Waals surface area contributed by atoms with Gasteiger partial charge in [0.05, 0.1) is 22.8 Å². The van der Waals surface area contributed by atoms with E-state index in [9.17, 15) is 5.41 Å². The van der Waals surface area contributed by atoms with E-state index in [0.717, 1.165) is 95.1 Å². The fourth-order valence-corrected chi connectivity index (χ4v) is 8.12. The van der Waals surface area contributed by atoms with E-state index in [1.165, 1.54) is 0 Å². The normalized spacial score (nSPS) is 12.8. The minimum absolute atomic E-state index is 0.450. The van der Waals surface area contributed by atoms with Crippen molar-refractivity contribution < 1.29 is 0 Å². The van der Waals surface area contributed by atoms with Crippen LogP contribution in [0.1, 0.15) is 27.8 Å². The second-order valence-corrected chi connectivity index (χ2v) is 15.0. The van der Waals surface area contributed by atoms with Crippen LogP contribution in [0, 0.1) is 5.41 Å². The van der Waals surface area contributed by atoms with Crippen molar-refractivity contribution in [3.05, 3.63) is 252 Å². The van der Waals surface area contributed by atoms with E-state index in [2.05, 4.69) is 145 Å². The SMILES string of the molecule is N=C(/C(=C1\NC(c2ccccc2)=Cc2cccc(-c3cccc(-c4cccc(-c5cc(-c6ccccc6)nc(-c6ccccc6)n5)c4)c3)c21)c1ccccc1)c1ccccc1. The van der Waals surface area contributed by atoms with E-state index in [1.54, 1.807) is 0 Å². The maximum atomic E-state index is 9.78. The average molecular weight is 781 g/mol. The summed E-state index contributed by atoms with van der Waals surface area (Å²) in [7, 11) is 0. The molecule has 10 rings (SSSR count). The summed E-state index contributed by atoms with van der Waals surface area (Å²) in [4.78, 5) is 10.1. The molecule has 1 aromatic heterocycles. The van der Waals surface area contributed by atoms with Crippen molar-refractivity contribution in [3.63, 3.8) is 0 Å². The molecule has 8 aromatic carbocycles. The van der Waals surface area contributed by atoms with Gasteiger partial charge in [-0.15, -0.1) is 0 Å². The van der Waals surface area contributed by atoms with Crippen LogP contribution in [-0.4, -0.2) is 15.7 Å². The van der Waals surface area contributed by atoms with Crippen LogP contribution in [0.25, 0.3) is 79.2 Å². The molecule has 0 saturated heterocycles. The van der Waals surface area contributed by atoms with Gasteiger partial charge in [-0.25, -0.2) is 9.97 Å². The zero-order chi connectivity index (χ0) is 41.0. The minimum Gasteiger partial charge on any atom is -0.354 e. The van der Waals surface area contributed by atoms with Crippen molar-refractivity contribution in [1.82, 2.24) is 15.3 Å². The predicted molar refractivity (Wildman–Crippen MR) is 253 cm³/mol. The topological polar surface area (TPSA) is 61.7 Å². The molecule has 0 unspecified atom stereocenters. The molecule has 4 heteroatoms. The standard InChI is InChI=1S/C57H40N4/c58-55(42-25-12-4-13-26-42)54(41-23-10-3-11-24-41)56-53-48(37-50(59-56)39-19-6-1-7-20-39)33-18-34-49(53)46-31-16-29-44(35-46)45-30-17-32-47(36-45)52-38-51(40-21-8-2-9-22-40)60-57(61-52)43-27-14-5-15-28-43/h1-38,58-59H/b56-54-,58-55?. The van der Waals surface area contributed by atoms with Crippen molar-refractivity contribution in [1.29, 1.82) is 5.41 Å². The lowest BCUT2D eigenvalue weighted by Crippen LogP contribution is -2.21. The molecular weight excluding hydrogens is 741 g/mol. The van der Waals surface area contributed by atoms with Crippen LogP contribution in [0.3, 0.4) is 0 Å². The molecule has 61 heavy (non-hydrogen) atoms. The molecule has 288 valence electrons. The number of benzene rings is 8. The maximum Gasteiger partial charge on any atom is 0.160 e. The summed E-state index contributed by atoms with van der Waals surface area (Å²) >= 11 is 0. The molecule has 4 nitrogen and oxygen atoms in total. The van der Waals surface area contributed by atoms with Crippen molar-refractivity contribution >= 4 is 28.8 Å². The molecule has 0 bridgehead atoms. The quantitative estimate of drug-likeness (QED) is 0.143. The highest BCUT2D eigenvalue weighted by Crippen LogP contribution is 2.42. The highest BCUT2D eigenvalue weighted by molar-refractivity contribution is 6.36. The number of hydrogen-bond acceptors (Lipinski definition) is 4. The van der Waals surface area contributed by atoms with Gasteiger partial charge in [-0.1, -0.05) is 206 Å². The third kappa shape index (κ3) is 7.62. The second-order valence-electron chi connectivity index (χ2n) is 15.0. The number of allylic oxidation sites excluding steroid dienone is 1. The first-order valence-corrected chi connectivity index (χ1v) is 20.5. The van der Waals surface area contributed by atoms with Gasteiger partial charge in [0.15, 0.2) is 5.82 Å². The summed E-state index contributed by atoms with van der Waals surface area (Å²) in [5, 5.41) is 13.7. The van der Waals surface area contributed by atoms with Crippen molar-refractivity contribution in [2.45, 2.75) is 0 Å². The van der Waals surface area contributed by atoms with E-state index in [-0.39, 0.29) is 0 Å². The molecule has 0 aliphatic carbocycles. The molecule has 2 heterocycles. The average Bonchev–Trinajstić information content (AvgIpc) is 3.35. The Balaban J connectivity index is 1.12. The summed E-state index contributed by atoms with van der Waals surface area (Å²) in [6.45, 7) is 0. The lowest BCUT2D eigenvalue weighted by atomic mass is 9.84. The van der Waals surface area contributed by atoms with Gasteiger partial charge in [-0.05, 0) is 63.2 Å². The van der Waals surface area contributed by atoms with Crippen LogP contribution in [0.15, 0.2) is 224 Å². The van der Waals surface area contributed by atoms with Crippen LogP contribution in [0.2, 0.25) is 0 Å². The van der Waals surface area contributed by atoms with E-state index in [1.807, 2.05) is 91.0 Å². The maximum absolute atomic E-state index is 9.78. The summed E-state index contributed by atoms with van der Waals surface area (Å²) < 4.78 is 0. The number of fused-ring (bicyclic) bond motifs is 1. The lowest BCUT2D eigenvalue weighted by Gasteiger charge is -2.28. The highest BCUT2D eigenvalue weighted by Gasteiger charge is 2.26. The molecule has 1 aliphatic heterocycles. The summed E-state index contributed by atoms with van der Waals surface area (Å²) in [6.07, 6.45) is 2.23. The van der Waals surface area contributed by atoms with E-state index in [4.69, 9.17) is 9.97 Å². The molecule has 0 saturated carbocycles. The molecule has 1 aliphatic rings. The van der Waals surface area contributed by atoms with Crippen LogP contribution in [0.5, 0.6) is 0 Å². The molecule has 2 N–H and O–H groups in total. The van der Waals surface area contributed by atoms with Gasteiger partial charge in [-0.3, -0.25) is 5.41 Å². The second kappa shape index (κ2) is 16.6. The number of aromatic nitrogens is 2. The van der Waals surface area contributed by atoms with Crippen molar-refractivity contribution in [2.24, 2.45) is 0 Å². The minimum atomic E-state index is 0.450. The fraction of sp³-hybridized carbons (Fsp3) is 0. The molecule has 0 fully saturated rings. The Labute approximate surface area is 356 Å². The number of rotatable bonds is 9. The van der Waals surface area contributed by atoms with Gasteiger partial charge in [0.2, 0.25) is 0 Å². The first-order chi connectivity index (χ1) is 30.2. The van der Waals surface area contributed by atoms with E-state index < -0.39 is 0 Å². The van der Waals surface area contributed by atoms with Gasteiger partial charge in [-0.2, -0.15) is 0 Å². The van der Waals surface area contributed by atoms with Gasteiger partial charge < -0.3 is 5.32 Å². The molecule has 0 radical (unpaired) electrons. The third-order valence-corrected chi connectivity index (χ3v) is 11.1. The Kier molecular flexibility index (Phi) is 10.1. The first kappa shape index (κ1) is 37.1. The number of hydrogen-bond donors (Lipinski definition) is 2. The Hall–Kier alpha value is -8.21. The van der Waals surface area contributed by atoms with Gasteiger partial charge in [0.25, 0.3) is 0 Å². The van der Waals surface area contributed by atoms with Crippen molar-refractivity contribution in [2.75, 3.05) is 0 Å². The number of nitrogens with zero attached hydrogens (tertiary/aromatic N) is 2. The Bertz CT molecular complexity index is 3020. The monoisotopic (exact) mass is 780 g/mol. The largest absolute Gasteiger partial charge is 0.354 e. The summed E-state index contributed by atoms with van der Waals surface area (Å²) in [5.41, 5.74) is 17.3. The smallest absolute Gasteiger partial charge is 0.160 e. The zero-order valence-electron chi connectivity index (χ0n) is 33.3. The molecule has 0 spiro atoms. The van der Waals surface area contributed by atoms with Gasteiger partial charge >= 0.3 is 0 Å². The van der Waals surface area contributed by atoms with Crippen LogP contribution >= 0.6 is 0 Å². The van der Waals surface area contributed by atoms with E-state index >= 15 is 0 Å². The Morgan fingerprint density at radius 2 is 0.869 bits per heavy atom. The van der Waals surface area contributed by atoms with Crippen molar-refractivity contribution in [3.8, 4) is 56.2 Å². The van der Waals surface area contributed by atoms with E-state index in [0.29, 0.717) is 11.5 Å². The van der Waals surface area contributed by atoms with Gasteiger partial charge in [0.1, 0.15) is 0 Å². The highest BCUT2D eigenvalue weighted by atomic mass is 14.9. The molecule has 9 aromatic rings. The predicted octanol–water partition coefficient (Wildman–Crippen LogP) is 13.8. The summed E-state index contributed by atoms with van der Waals surface area (Å²) in [6, 6.07) is 77.2.